The standard InChI is InChI=1S/C52H74N4O12Si/c1-12-39-19-34(2)28-55(39)51(59)43-25-47(60-8)48(27-45(43)54)67-31-38-22-37(23-41(24-38)65-18-17-63-14-13-62-15-16-64-33-49(57)61-9)30-66-46-26-44(53)42(21-36(46)4)50(58)56-29-35(3)20-40(56)32-68-69(10,11)52(5,6)7/h21-27,39-40H,2-3,12-20,28-33,53-54H2,1,4-11H3. The van der Waals surface area contributed by atoms with Gasteiger partial charge in [0.25, 0.3) is 11.8 Å². The molecule has 0 aliphatic carbocycles. The van der Waals surface area contributed by atoms with E-state index >= 15 is 0 Å². The molecule has 2 fully saturated rings. The molecule has 0 spiro atoms. The van der Waals surface area contributed by atoms with E-state index in [1.165, 1.54) is 14.2 Å². The van der Waals surface area contributed by atoms with Gasteiger partial charge in [0.15, 0.2) is 19.8 Å². The van der Waals surface area contributed by atoms with Crippen molar-refractivity contribution in [2.24, 2.45) is 0 Å². The van der Waals surface area contributed by atoms with Crippen molar-refractivity contribution < 1.29 is 56.7 Å². The van der Waals surface area contributed by atoms with Crippen molar-refractivity contribution in [3.05, 3.63) is 94.6 Å². The topological polar surface area (TPSA) is 193 Å². The van der Waals surface area contributed by atoms with Crippen LogP contribution in [0.3, 0.4) is 0 Å². The second kappa shape index (κ2) is 24.8. The maximum absolute atomic E-state index is 14.1. The molecule has 2 amide bonds. The molecule has 0 radical (unpaired) electrons. The molecule has 0 aromatic heterocycles. The first-order valence-electron chi connectivity index (χ1n) is 23.5. The molecule has 5 rings (SSSR count). The largest absolute Gasteiger partial charge is 0.493 e. The molecule has 0 bridgehead atoms. The Morgan fingerprint density at radius 3 is 1.78 bits per heavy atom. The molecule has 69 heavy (non-hydrogen) atoms. The summed E-state index contributed by atoms with van der Waals surface area (Å²) >= 11 is 0. The van der Waals surface area contributed by atoms with Crippen molar-refractivity contribution >= 4 is 37.5 Å². The van der Waals surface area contributed by atoms with Gasteiger partial charge < -0.3 is 63.6 Å². The number of nitrogen functional groups attached to an aromatic ring is 2. The van der Waals surface area contributed by atoms with Crippen LogP contribution in [-0.2, 0) is 41.4 Å². The predicted molar refractivity (Wildman–Crippen MR) is 269 cm³/mol. The van der Waals surface area contributed by atoms with Crippen LogP contribution in [0.25, 0.3) is 0 Å². The second-order valence-corrected chi connectivity index (χ2v) is 23.9. The Hall–Kier alpha value is -5.59. The van der Waals surface area contributed by atoms with Crippen LogP contribution in [0.4, 0.5) is 11.4 Å². The summed E-state index contributed by atoms with van der Waals surface area (Å²) < 4.78 is 52.0. The maximum Gasteiger partial charge on any atom is 0.331 e. The zero-order valence-corrected chi connectivity index (χ0v) is 43.2. The first-order valence-corrected chi connectivity index (χ1v) is 26.4. The molecule has 16 nitrogen and oxygen atoms in total. The highest BCUT2D eigenvalue weighted by Crippen LogP contribution is 2.39. The van der Waals surface area contributed by atoms with E-state index in [4.69, 9.17) is 49.1 Å². The van der Waals surface area contributed by atoms with E-state index in [-0.39, 0.29) is 67.7 Å². The number of anilines is 2. The minimum absolute atomic E-state index is 0.0415. The first-order chi connectivity index (χ1) is 32.7. The lowest BCUT2D eigenvalue weighted by Gasteiger charge is -2.38. The molecule has 17 heteroatoms. The normalized spacial score (nSPS) is 16.2. The fourth-order valence-electron chi connectivity index (χ4n) is 7.83. The van der Waals surface area contributed by atoms with Gasteiger partial charge in [-0.15, -0.1) is 0 Å². The van der Waals surface area contributed by atoms with E-state index in [0.717, 1.165) is 40.7 Å². The van der Waals surface area contributed by atoms with Gasteiger partial charge in [-0.1, -0.05) is 52.0 Å². The van der Waals surface area contributed by atoms with Crippen molar-refractivity contribution in [3.63, 3.8) is 0 Å². The number of nitrogens with two attached hydrogens (primary N) is 2. The number of likely N-dealkylation sites (tertiary alicyclic amines) is 2. The number of esters is 1. The Kier molecular flexibility index (Phi) is 19.5. The number of benzene rings is 3. The lowest BCUT2D eigenvalue weighted by Crippen LogP contribution is -2.46. The number of amides is 2. The molecular formula is C52H74N4O12Si. The van der Waals surface area contributed by atoms with E-state index in [0.29, 0.717) is 92.4 Å². The summed E-state index contributed by atoms with van der Waals surface area (Å²) in [5.74, 6) is 1.03. The predicted octanol–water partition coefficient (Wildman–Crippen LogP) is 7.90. The summed E-state index contributed by atoms with van der Waals surface area (Å²) in [6.45, 7) is 26.5. The van der Waals surface area contributed by atoms with Crippen molar-refractivity contribution in [2.75, 3.05) is 91.6 Å². The SMILES string of the molecule is C=C1CC(CC)N(C(=O)c2cc(OC)c(OCc3cc(COc4cc(N)c(C(=O)N5CC(=C)CC5CO[Si](C)(C)C(C)(C)C)cc4C)cc(OCCOCCOCCOCC(=O)OC)c3)cc2N)C1. The smallest absolute Gasteiger partial charge is 0.331 e. The van der Waals surface area contributed by atoms with Gasteiger partial charge in [-0.2, -0.15) is 0 Å². The highest BCUT2D eigenvalue weighted by atomic mass is 28.4. The number of methoxy groups -OCH3 is 2. The molecule has 2 atom stereocenters. The Balaban J connectivity index is 1.27. The van der Waals surface area contributed by atoms with E-state index in [2.05, 4.69) is 58.7 Å². The number of hydrogen-bond acceptors (Lipinski definition) is 14. The minimum Gasteiger partial charge on any atom is -0.493 e. The van der Waals surface area contributed by atoms with Gasteiger partial charge in [-0.25, -0.2) is 4.79 Å². The summed E-state index contributed by atoms with van der Waals surface area (Å²) in [6, 6.07) is 12.3. The molecule has 2 unspecified atom stereocenters. The zero-order valence-electron chi connectivity index (χ0n) is 42.2. The van der Waals surface area contributed by atoms with E-state index in [1.807, 2.05) is 34.9 Å². The first kappa shape index (κ1) is 54.3. The number of carbonyl (C=O) groups excluding carboxylic acids is 3. The number of hydrogen-bond donors (Lipinski definition) is 2. The Labute approximate surface area is 409 Å². The summed E-state index contributed by atoms with van der Waals surface area (Å²) in [5.41, 5.74) is 18.7. The fourth-order valence-corrected chi connectivity index (χ4v) is 8.87. The van der Waals surface area contributed by atoms with E-state index in [9.17, 15) is 14.4 Å². The highest BCUT2D eigenvalue weighted by molar-refractivity contribution is 6.74. The van der Waals surface area contributed by atoms with Gasteiger partial charge in [-0.3, -0.25) is 9.59 Å². The number of aryl methyl sites for hydroxylation is 1. The summed E-state index contributed by atoms with van der Waals surface area (Å²) in [4.78, 5) is 42.6. The Bertz CT molecular complexity index is 2300. The quantitative estimate of drug-likeness (QED) is 0.0274. The number of nitrogens with zero attached hydrogens (tertiary/aromatic N) is 2. The molecule has 2 aliphatic heterocycles. The molecule has 2 heterocycles. The Morgan fingerprint density at radius 1 is 0.696 bits per heavy atom. The number of ether oxygens (including phenoxy) is 8. The lowest BCUT2D eigenvalue weighted by molar-refractivity contribution is -0.146. The van der Waals surface area contributed by atoms with Gasteiger partial charge in [0.2, 0.25) is 0 Å². The number of carbonyl (C=O) groups is 3. The third-order valence-electron chi connectivity index (χ3n) is 12.8. The van der Waals surface area contributed by atoms with Crippen LogP contribution in [0.15, 0.2) is 66.8 Å². The molecule has 2 aliphatic rings. The van der Waals surface area contributed by atoms with Crippen LogP contribution in [-0.4, -0.2) is 128 Å². The van der Waals surface area contributed by atoms with Crippen molar-refractivity contribution in [1.82, 2.24) is 9.80 Å². The molecular weight excluding hydrogens is 901 g/mol. The van der Waals surface area contributed by atoms with Crippen LogP contribution in [0.5, 0.6) is 23.0 Å². The van der Waals surface area contributed by atoms with Gasteiger partial charge in [-0.05, 0) is 91.3 Å². The van der Waals surface area contributed by atoms with Crippen LogP contribution >= 0.6 is 0 Å². The highest BCUT2D eigenvalue weighted by Gasteiger charge is 2.40. The van der Waals surface area contributed by atoms with Crippen molar-refractivity contribution in [3.8, 4) is 23.0 Å². The van der Waals surface area contributed by atoms with E-state index in [1.54, 1.807) is 24.3 Å². The average molecular weight is 975 g/mol. The van der Waals surface area contributed by atoms with Gasteiger partial charge >= 0.3 is 5.97 Å². The van der Waals surface area contributed by atoms with Crippen LogP contribution in [0.1, 0.15) is 84.4 Å². The molecule has 2 saturated heterocycles. The number of rotatable bonds is 25. The third kappa shape index (κ3) is 15.0. The minimum atomic E-state index is -2.04. The van der Waals surface area contributed by atoms with Crippen molar-refractivity contribution in [2.45, 2.75) is 97.3 Å². The van der Waals surface area contributed by atoms with Gasteiger partial charge in [0.1, 0.15) is 37.9 Å². The van der Waals surface area contributed by atoms with Crippen LogP contribution in [0, 0.1) is 6.92 Å². The van der Waals surface area contributed by atoms with Crippen molar-refractivity contribution in [1.29, 1.82) is 0 Å². The fraction of sp³-hybridized carbons (Fsp3) is 0.519. The summed E-state index contributed by atoms with van der Waals surface area (Å²) in [7, 11) is 0.778. The van der Waals surface area contributed by atoms with E-state index < -0.39 is 14.3 Å². The molecule has 3 aromatic carbocycles. The summed E-state index contributed by atoms with van der Waals surface area (Å²) in [5, 5.41) is 0.0415. The maximum atomic E-state index is 14.1. The third-order valence-corrected chi connectivity index (χ3v) is 17.3. The van der Waals surface area contributed by atoms with Crippen LogP contribution in [0.2, 0.25) is 18.1 Å². The molecule has 0 saturated carbocycles. The van der Waals surface area contributed by atoms with Gasteiger partial charge in [0, 0.05) is 42.6 Å². The average Bonchev–Trinajstić information content (AvgIpc) is 3.89. The molecule has 4 N–H and O–H groups in total. The summed E-state index contributed by atoms with van der Waals surface area (Å²) in [6.07, 6.45) is 2.26. The zero-order chi connectivity index (χ0) is 50.5. The monoisotopic (exact) mass is 975 g/mol. The Morgan fingerprint density at radius 2 is 1.22 bits per heavy atom. The lowest BCUT2D eigenvalue weighted by atomic mass is 10.1. The molecule has 378 valence electrons. The van der Waals surface area contributed by atoms with Crippen LogP contribution < -0.4 is 30.4 Å². The van der Waals surface area contributed by atoms with Gasteiger partial charge in [0.05, 0.1) is 71.0 Å². The second-order valence-electron chi connectivity index (χ2n) is 19.1. The molecule has 3 aromatic rings.